The van der Waals surface area contributed by atoms with Gasteiger partial charge in [0.1, 0.15) is 0 Å². The molecule has 0 spiro atoms. The molecule has 0 aliphatic carbocycles. The molecule has 0 aliphatic heterocycles. The van der Waals surface area contributed by atoms with Crippen LogP contribution in [0, 0.1) is 0 Å². The maximum Gasteiger partial charge on any atom is 4.00 e. The summed E-state index contributed by atoms with van der Waals surface area (Å²) in [6.07, 6.45) is 2.86. The molecule has 0 aromatic rings. The molecule has 0 radical (unpaired) electrons. The summed E-state index contributed by atoms with van der Waals surface area (Å²) < 4.78 is 20.5. The third kappa shape index (κ3) is 19.7. The second-order valence-corrected chi connectivity index (χ2v) is 7.13. The fourth-order valence-electron chi connectivity index (χ4n) is 1.32. The Kier molecular flexibility index (Phi) is 12.1. The van der Waals surface area contributed by atoms with Gasteiger partial charge in [0.2, 0.25) is 0 Å². The Morgan fingerprint density at radius 2 is 0.824 bits per heavy atom. The van der Waals surface area contributed by atoms with Crippen LogP contribution in [0.5, 0.6) is 0 Å². The van der Waals surface area contributed by atoms with Crippen molar-refractivity contribution in [2.75, 3.05) is 12.3 Å². The normalized spacial score (nSPS) is 12.2. The molecule has 17 heavy (non-hydrogen) atoms. The molecule has 0 fully saturated rings. The minimum atomic E-state index is -4.37. The summed E-state index contributed by atoms with van der Waals surface area (Å²) in [6, 6.07) is 0. The molecule has 0 saturated heterocycles. The van der Waals surface area contributed by atoms with Crippen molar-refractivity contribution < 1.29 is 54.9 Å². The van der Waals surface area contributed by atoms with Crippen LogP contribution < -0.4 is 19.6 Å². The van der Waals surface area contributed by atoms with Crippen molar-refractivity contribution in [1.29, 1.82) is 0 Å². The third-order valence-corrected chi connectivity index (χ3v) is 3.84. The van der Waals surface area contributed by atoms with Crippen molar-refractivity contribution >= 4 is 15.2 Å². The van der Waals surface area contributed by atoms with Crippen molar-refractivity contribution in [2.45, 2.75) is 38.5 Å². The van der Waals surface area contributed by atoms with Crippen molar-refractivity contribution in [1.82, 2.24) is 0 Å². The second kappa shape index (κ2) is 10.0. The molecule has 0 atom stereocenters. The minimum absolute atomic E-state index is 0. The van der Waals surface area contributed by atoms with Crippen molar-refractivity contribution in [2.24, 2.45) is 0 Å². The summed E-state index contributed by atoms with van der Waals surface area (Å²) >= 11 is 0. The van der Waals surface area contributed by atoms with Crippen LogP contribution in [-0.4, -0.2) is 12.3 Å². The van der Waals surface area contributed by atoms with Gasteiger partial charge in [-0.25, -0.2) is 0 Å². The first-order chi connectivity index (χ1) is 7.21. The van der Waals surface area contributed by atoms with Gasteiger partial charge in [-0.15, -0.1) is 0 Å². The number of hydrogen-bond acceptors (Lipinski definition) is 6. The Bertz CT molecular complexity index is 245. The van der Waals surface area contributed by atoms with Crippen molar-refractivity contribution in [3.05, 3.63) is 0 Å². The molecule has 98 valence electrons. The zero-order chi connectivity index (χ0) is 12.7. The molecule has 0 rings (SSSR count). The quantitative estimate of drug-likeness (QED) is 0.389. The Balaban J connectivity index is 0. The molecular weight excluding hydrogens is 345 g/mol. The number of hydrogen-bond donors (Lipinski definition) is 0. The van der Waals surface area contributed by atoms with Gasteiger partial charge in [0.25, 0.3) is 0 Å². The van der Waals surface area contributed by atoms with Gasteiger partial charge in [0.05, 0.1) is 0 Å². The van der Waals surface area contributed by atoms with Gasteiger partial charge in [0, 0.05) is 0 Å². The van der Waals surface area contributed by atoms with E-state index in [-0.39, 0.29) is 38.5 Å². The van der Waals surface area contributed by atoms with E-state index in [0.717, 1.165) is 12.8 Å². The molecule has 9 heteroatoms. The first-order valence-corrected chi connectivity index (χ1v) is 8.68. The maximum absolute atomic E-state index is 10.2. The Hall–Kier alpha value is 1.18. The smallest absolute Gasteiger partial charge is 0.811 e. The van der Waals surface area contributed by atoms with Crippen molar-refractivity contribution in [3.63, 3.8) is 0 Å². The topological polar surface area (TPSA) is 126 Å². The average molecular weight is 361 g/mol. The minimum Gasteiger partial charge on any atom is -0.811 e. The molecule has 0 saturated carbocycles. The van der Waals surface area contributed by atoms with E-state index >= 15 is 0 Å². The van der Waals surface area contributed by atoms with E-state index in [1.807, 2.05) is 0 Å². The predicted octanol–water partition coefficient (Wildman–Crippen LogP) is -0.848. The zero-order valence-corrected chi connectivity index (χ0v) is 13.7. The molecule has 0 bridgehead atoms. The van der Waals surface area contributed by atoms with Crippen molar-refractivity contribution in [3.8, 4) is 0 Å². The molecule has 0 unspecified atom stereocenters. The van der Waals surface area contributed by atoms with Gasteiger partial charge < -0.3 is 28.7 Å². The summed E-state index contributed by atoms with van der Waals surface area (Å²) in [5.41, 5.74) is 0. The zero-order valence-electron chi connectivity index (χ0n) is 9.50. The fourth-order valence-corrected chi connectivity index (χ4v) is 2.54. The number of unbranched alkanes of at least 4 members (excludes halogenated alkanes) is 5. The van der Waals surface area contributed by atoms with Gasteiger partial charge >= 0.3 is 26.2 Å². The molecule has 6 nitrogen and oxygen atoms in total. The van der Waals surface area contributed by atoms with Crippen LogP contribution >= 0.6 is 15.2 Å². The van der Waals surface area contributed by atoms with Gasteiger partial charge in [-0.3, -0.25) is 0 Å². The predicted molar refractivity (Wildman–Crippen MR) is 52.6 cm³/mol. The van der Waals surface area contributed by atoms with Crippen LogP contribution in [0.3, 0.4) is 0 Å². The molecule has 0 aromatic heterocycles. The molecular formula is C8H16O6P2Zr. The molecule has 0 amide bonds. The first-order valence-electron chi connectivity index (χ1n) is 5.23. The summed E-state index contributed by atoms with van der Waals surface area (Å²) in [5.74, 6) is 0. The second-order valence-electron chi connectivity index (χ2n) is 3.79. The van der Waals surface area contributed by atoms with Crippen LogP contribution in [0.1, 0.15) is 38.5 Å². The van der Waals surface area contributed by atoms with Gasteiger partial charge in [-0.1, -0.05) is 40.9 Å². The standard InChI is InChI=1S/C8H20O6P2.Zr/c9-15(10,11)7-5-3-1-2-4-6-8-16(12,13)14;/h1-8H2,(H2,9,10,11)(H2,12,13,14);/q;+4/p-4. The third-order valence-electron chi connectivity index (χ3n) is 2.11. The van der Waals surface area contributed by atoms with E-state index in [4.69, 9.17) is 0 Å². The largest absolute Gasteiger partial charge is 4.00 e. The Labute approximate surface area is 121 Å². The van der Waals surface area contributed by atoms with Gasteiger partial charge in [-0.2, -0.15) is 0 Å². The summed E-state index contributed by atoms with van der Waals surface area (Å²) in [5, 5.41) is 0. The summed E-state index contributed by atoms with van der Waals surface area (Å²) in [7, 11) is -8.74. The Morgan fingerprint density at radius 3 is 1.06 bits per heavy atom. The SMILES string of the molecule is O=P([O-])([O-])CCCCCCCCP(=O)([O-])[O-].[Zr+4]. The van der Waals surface area contributed by atoms with Crippen LogP contribution in [0.15, 0.2) is 0 Å². The molecule has 0 N–H and O–H groups in total. The maximum atomic E-state index is 10.2. The molecule has 0 heterocycles. The van der Waals surface area contributed by atoms with Gasteiger partial charge in [0.15, 0.2) is 0 Å². The van der Waals surface area contributed by atoms with Crippen LogP contribution in [0.2, 0.25) is 0 Å². The van der Waals surface area contributed by atoms with E-state index in [9.17, 15) is 28.7 Å². The number of rotatable bonds is 9. The van der Waals surface area contributed by atoms with E-state index in [1.165, 1.54) is 0 Å². The van der Waals surface area contributed by atoms with Gasteiger partial charge in [-0.05, 0) is 25.2 Å². The summed E-state index contributed by atoms with van der Waals surface area (Å²) in [4.78, 5) is 41.0. The van der Waals surface area contributed by atoms with E-state index < -0.39 is 15.2 Å². The average Bonchev–Trinajstić information content (AvgIpc) is 2.06. The summed E-state index contributed by atoms with van der Waals surface area (Å²) in [6.45, 7) is 0. The van der Waals surface area contributed by atoms with Crippen LogP contribution in [-0.2, 0) is 35.3 Å². The fraction of sp³-hybridized carbons (Fsp3) is 1.00. The molecule has 0 aliphatic rings. The van der Waals surface area contributed by atoms with Crippen LogP contribution in [0.25, 0.3) is 0 Å². The van der Waals surface area contributed by atoms with E-state index in [0.29, 0.717) is 25.7 Å². The molecule has 0 aromatic carbocycles. The Morgan fingerprint density at radius 1 is 0.588 bits per heavy atom. The van der Waals surface area contributed by atoms with E-state index in [1.54, 1.807) is 0 Å². The first kappa shape index (κ1) is 20.5. The van der Waals surface area contributed by atoms with Crippen LogP contribution in [0.4, 0.5) is 0 Å². The monoisotopic (exact) mass is 360 g/mol. The van der Waals surface area contributed by atoms with E-state index in [2.05, 4.69) is 0 Å².